The highest BCUT2D eigenvalue weighted by molar-refractivity contribution is 6.30. The van der Waals surface area contributed by atoms with Gasteiger partial charge >= 0.3 is 5.97 Å². The van der Waals surface area contributed by atoms with Gasteiger partial charge in [-0.25, -0.2) is 14.8 Å². The molecule has 0 N–H and O–H groups in total. The molecule has 24 heavy (non-hydrogen) atoms. The molecule has 0 atom stereocenters. The van der Waals surface area contributed by atoms with Crippen molar-refractivity contribution in [3.05, 3.63) is 64.9 Å². The van der Waals surface area contributed by atoms with Crippen LogP contribution in [0.1, 0.15) is 22.8 Å². The highest BCUT2D eigenvalue weighted by Gasteiger charge is 2.16. The van der Waals surface area contributed by atoms with Gasteiger partial charge in [0.15, 0.2) is 0 Å². The Kier molecular flexibility index (Phi) is 4.91. The standard InChI is InChI=1S/C18H15ClN2O3/c1-2-23-17-14(7-5-9-20-17)18(22)24-11-13-10-12-6-3-4-8-15(12)21-16(13)19/h3-10H,2,11H2,1H3. The molecule has 0 aliphatic carbocycles. The zero-order valence-electron chi connectivity index (χ0n) is 13.0. The Morgan fingerprint density at radius 1 is 1.21 bits per heavy atom. The highest BCUT2D eigenvalue weighted by atomic mass is 35.5. The van der Waals surface area contributed by atoms with Gasteiger partial charge in [-0.15, -0.1) is 0 Å². The first-order valence-corrected chi connectivity index (χ1v) is 7.86. The number of fused-ring (bicyclic) bond motifs is 1. The summed E-state index contributed by atoms with van der Waals surface area (Å²) >= 11 is 6.17. The number of aromatic nitrogens is 2. The fourth-order valence-electron chi connectivity index (χ4n) is 2.26. The molecule has 122 valence electrons. The maximum absolute atomic E-state index is 12.3. The van der Waals surface area contributed by atoms with Gasteiger partial charge in [-0.1, -0.05) is 29.8 Å². The van der Waals surface area contributed by atoms with Gasteiger partial charge in [-0.3, -0.25) is 0 Å². The van der Waals surface area contributed by atoms with Gasteiger partial charge in [0.25, 0.3) is 0 Å². The van der Waals surface area contributed by atoms with Gasteiger partial charge < -0.3 is 9.47 Å². The number of nitrogens with zero attached hydrogens (tertiary/aromatic N) is 2. The fraction of sp³-hybridized carbons (Fsp3) is 0.167. The quantitative estimate of drug-likeness (QED) is 0.517. The predicted octanol–water partition coefficient (Wildman–Crippen LogP) is 4.04. The van der Waals surface area contributed by atoms with Gasteiger partial charge in [0, 0.05) is 17.1 Å². The molecule has 6 heteroatoms. The number of benzene rings is 1. The van der Waals surface area contributed by atoms with Gasteiger partial charge in [-0.05, 0) is 31.2 Å². The average molecular weight is 343 g/mol. The van der Waals surface area contributed by atoms with Crippen molar-refractivity contribution in [2.75, 3.05) is 6.61 Å². The fourth-order valence-corrected chi connectivity index (χ4v) is 2.46. The van der Waals surface area contributed by atoms with Gasteiger partial charge in [0.2, 0.25) is 5.88 Å². The number of halogens is 1. The van der Waals surface area contributed by atoms with E-state index in [1.165, 1.54) is 0 Å². The molecule has 1 aromatic carbocycles. The summed E-state index contributed by atoms with van der Waals surface area (Å²) in [7, 11) is 0. The Morgan fingerprint density at radius 3 is 2.88 bits per heavy atom. The number of esters is 1. The first-order chi connectivity index (χ1) is 11.7. The Bertz CT molecular complexity index is 883. The lowest BCUT2D eigenvalue weighted by Crippen LogP contribution is -2.09. The molecule has 2 aromatic heterocycles. The van der Waals surface area contributed by atoms with E-state index in [1.807, 2.05) is 37.3 Å². The number of hydrogen-bond acceptors (Lipinski definition) is 5. The molecule has 3 rings (SSSR count). The average Bonchev–Trinajstić information content (AvgIpc) is 2.60. The van der Waals surface area contributed by atoms with Crippen LogP contribution in [0.5, 0.6) is 5.88 Å². The van der Waals surface area contributed by atoms with E-state index in [0.29, 0.717) is 17.3 Å². The highest BCUT2D eigenvalue weighted by Crippen LogP contribution is 2.22. The minimum absolute atomic E-state index is 0.0238. The van der Waals surface area contributed by atoms with E-state index in [1.54, 1.807) is 18.3 Å². The predicted molar refractivity (Wildman–Crippen MR) is 91.3 cm³/mol. The van der Waals surface area contributed by atoms with E-state index in [4.69, 9.17) is 21.1 Å². The summed E-state index contributed by atoms with van der Waals surface area (Å²) in [6, 6.07) is 12.7. The number of carbonyl (C=O) groups excluding carboxylic acids is 1. The molecule has 0 fully saturated rings. The summed E-state index contributed by atoms with van der Waals surface area (Å²) in [5.41, 5.74) is 1.72. The summed E-state index contributed by atoms with van der Waals surface area (Å²) in [5.74, 6) is -0.261. The number of pyridine rings is 2. The minimum atomic E-state index is -0.518. The first kappa shape index (κ1) is 16.2. The third kappa shape index (κ3) is 3.46. The number of hydrogen-bond donors (Lipinski definition) is 0. The SMILES string of the molecule is CCOc1ncccc1C(=O)OCc1cc2ccccc2nc1Cl. The maximum Gasteiger partial charge on any atom is 0.343 e. The second-order valence-electron chi connectivity index (χ2n) is 5.00. The summed E-state index contributed by atoms with van der Waals surface area (Å²) in [6.07, 6.45) is 1.56. The Hall–Kier alpha value is -2.66. The molecule has 0 unspecified atom stereocenters. The van der Waals surface area contributed by atoms with Crippen molar-refractivity contribution in [3.63, 3.8) is 0 Å². The van der Waals surface area contributed by atoms with Crippen molar-refractivity contribution in [1.82, 2.24) is 9.97 Å². The molecule has 0 radical (unpaired) electrons. The molecular formula is C18H15ClN2O3. The zero-order valence-corrected chi connectivity index (χ0v) is 13.8. The summed E-state index contributed by atoms with van der Waals surface area (Å²) in [6.45, 7) is 2.26. The van der Waals surface area contributed by atoms with E-state index in [0.717, 1.165) is 10.9 Å². The van der Waals surface area contributed by atoms with Gasteiger partial charge in [-0.2, -0.15) is 0 Å². The van der Waals surface area contributed by atoms with Crippen molar-refractivity contribution in [1.29, 1.82) is 0 Å². The molecule has 0 spiro atoms. The number of ether oxygens (including phenoxy) is 2. The number of carbonyl (C=O) groups is 1. The topological polar surface area (TPSA) is 61.3 Å². The molecule has 0 saturated heterocycles. The number of rotatable bonds is 5. The molecule has 3 aromatic rings. The smallest absolute Gasteiger partial charge is 0.343 e. The van der Waals surface area contributed by atoms with E-state index in [-0.39, 0.29) is 18.1 Å². The van der Waals surface area contributed by atoms with Crippen LogP contribution in [0.2, 0.25) is 5.15 Å². The molecule has 0 aliphatic rings. The lowest BCUT2D eigenvalue weighted by molar-refractivity contribution is 0.0467. The third-order valence-electron chi connectivity index (χ3n) is 3.38. The van der Waals surface area contributed by atoms with Crippen molar-refractivity contribution in [2.24, 2.45) is 0 Å². The van der Waals surface area contributed by atoms with Crippen LogP contribution < -0.4 is 4.74 Å². The summed E-state index contributed by atoms with van der Waals surface area (Å²) < 4.78 is 10.7. The van der Waals surface area contributed by atoms with E-state index in [2.05, 4.69) is 9.97 Å². The third-order valence-corrected chi connectivity index (χ3v) is 3.71. The van der Waals surface area contributed by atoms with Crippen molar-refractivity contribution >= 4 is 28.5 Å². The van der Waals surface area contributed by atoms with Crippen molar-refractivity contribution in [2.45, 2.75) is 13.5 Å². The van der Waals surface area contributed by atoms with E-state index < -0.39 is 5.97 Å². The van der Waals surface area contributed by atoms with Crippen LogP contribution in [0.25, 0.3) is 10.9 Å². The number of para-hydroxylation sites is 1. The van der Waals surface area contributed by atoms with Crippen molar-refractivity contribution in [3.8, 4) is 5.88 Å². The molecule has 0 aliphatic heterocycles. The van der Waals surface area contributed by atoms with Crippen LogP contribution in [0.15, 0.2) is 48.7 Å². The van der Waals surface area contributed by atoms with E-state index in [9.17, 15) is 4.79 Å². The first-order valence-electron chi connectivity index (χ1n) is 7.48. The monoisotopic (exact) mass is 342 g/mol. The Labute approximate surface area is 144 Å². The zero-order chi connectivity index (χ0) is 16.9. The lowest BCUT2D eigenvalue weighted by Gasteiger charge is -2.10. The molecular weight excluding hydrogens is 328 g/mol. The molecule has 5 nitrogen and oxygen atoms in total. The second kappa shape index (κ2) is 7.27. The van der Waals surface area contributed by atoms with Crippen LogP contribution in [0, 0.1) is 0 Å². The van der Waals surface area contributed by atoms with Crippen LogP contribution in [0.3, 0.4) is 0 Å². The van der Waals surface area contributed by atoms with Crippen LogP contribution in [-0.4, -0.2) is 22.5 Å². The van der Waals surface area contributed by atoms with Crippen LogP contribution in [-0.2, 0) is 11.3 Å². The normalized spacial score (nSPS) is 10.6. The molecule has 0 saturated carbocycles. The van der Waals surface area contributed by atoms with Crippen LogP contribution >= 0.6 is 11.6 Å². The molecule has 2 heterocycles. The van der Waals surface area contributed by atoms with Gasteiger partial charge in [0.05, 0.1) is 12.1 Å². The van der Waals surface area contributed by atoms with Gasteiger partial charge in [0.1, 0.15) is 17.3 Å². The summed E-state index contributed by atoms with van der Waals surface area (Å²) in [4.78, 5) is 20.6. The van der Waals surface area contributed by atoms with E-state index >= 15 is 0 Å². The van der Waals surface area contributed by atoms with Crippen LogP contribution in [0.4, 0.5) is 0 Å². The summed E-state index contributed by atoms with van der Waals surface area (Å²) in [5, 5.41) is 1.25. The van der Waals surface area contributed by atoms with Crippen molar-refractivity contribution < 1.29 is 14.3 Å². The Morgan fingerprint density at radius 2 is 2.04 bits per heavy atom. The largest absolute Gasteiger partial charge is 0.477 e. The Balaban J connectivity index is 1.78. The minimum Gasteiger partial charge on any atom is -0.477 e. The lowest BCUT2D eigenvalue weighted by atomic mass is 10.2. The second-order valence-corrected chi connectivity index (χ2v) is 5.35. The maximum atomic E-state index is 12.3. The molecule has 0 amide bonds. The molecule has 0 bridgehead atoms.